The SMILES string of the molecule is CN1CCC(c2ccc(-c3ccc4ccn(C(c5nc6ccccc6[nH]5)c5cc(F)ccc5O)c(=O)c4c3)cc2F)CC1. The minimum Gasteiger partial charge on any atom is -0.508 e. The number of nitrogens with one attached hydrogen (secondary N) is 1. The topological polar surface area (TPSA) is 74.2 Å². The highest BCUT2D eigenvalue weighted by molar-refractivity contribution is 5.86. The lowest BCUT2D eigenvalue weighted by Crippen LogP contribution is -2.29. The Labute approximate surface area is 246 Å². The van der Waals surface area contributed by atoms with Gasteiger partial charge in [0.05, 0.1) is 11.0 Å². The first-order chi connectivity index (χ1) is 20.9. The average Bonchev–Trinajstić information content (AvgIpc) is 3.44. The third-order valence-electron chi connectivity index (χ3n) is 8.65. The fourth-order valence-electron chi connectivity index (χ4n) is 6.27. The van der Waals surface area contributed by atoms with Crippen LogP contribution in [0, 0.1) is 11.6 Å². The van der Waals surface area contributed by atoms with Gasteiger partial charge in [0.25, 0.3) is 5.56 Å². The Balaban J connectivity index is 1.33. The van der Waals surface area contributed by atoms with Crippen molar-refractivity contribution in [3.63, 3.8) is 0 Å². The molecule has 0 spiro atoms. The molecule has 8 heteroatoms. The van der Waals surface area contributed by atoms with Crippen LogP contribution in [0.15, 0.2) is 95.9 Å². The van der Waals surface area contributed by atoms with Crippen molar-refractivity contribution in [1.29, 1.82) is 0 Å². The van der Waals surface area contributed by atoms with Gasteiger partial charge in [-0.25, -0.2) is 13.8 Å². The highest BCUT2D eigenvalue weighted by Crippen LogP contribution is 2.35. The predicted octanol–water partition coefficient (Wildman–Crippen LogP) is 6.98. The lowest BCUT2D eigenvalue weighted by atomic mass is 9.88. The molecule has 1 atom stereocenters. The van der Waals surface area contributed by atoms with Crippen LogP contribution >= 0.6 is 0 Å². The van der Waals surface area contributed by atoms with E-state index in [9.17, 15) is 14.3 Å². The molecule has 0 saturated carbocycles. The number of aromatic amines is 1. The molecule has 216 valence electrons. The van der Waals surface area contributed by atoms with Gasteiger partial charge < -0.3 is 19.6 Å². The standard InChI is InChI=1S/C35H30F2N4O2/c1-40-15-12-22(13-16-40)26-10-8-24(19-29(26)37)23-7-6-21-14-17-41(35(43)27(21)18-23)33(28-20-25(36)9-11-32(28)42)34-38-30-4-2-3-5-31(30)39-34/h2-11,14,17-20,22,33,42H,12-13,15-16H2,1H3,(H,38,39). The molecule has 0 amide bonds. The second-order valence-corrected chi connectivity index (χ2v) is 11.4. The van der Waals surface area contributed by atoms with Crippen LogP contribution in [0.25, 0.3) is 32.9 Å². The van der Waals surface area contributed by atoms with Crippen molar-refractivity contribution in [2.24, 2.45) is 0 Å². The second-order valence-electron chi connectivity index (χ2n) is 11.4. The van der Waals surface area contributed by atoms with E-state index >= 15 is 4.39 Å². The molecule has 6 aromatic rings. The largest absolute Gasteiger partial charge is 0.508 e. The van der Waals surface area contributed by atoms with Gasteiger partial charge in [0, 0.05) is 17.1 Å². The first-order valence-electron chi connectivity index (χ1n) is 14.4. The Kier molecular flexibility index (Phi) is 6.78. The molecule has 2 N–H and O–H groups in total. The van der Waals surface area contributed by atoms with Gasteiger partial charge in [-0.2, -0.15) is 0 Å². The van der Waals surface area contributed by atoms with Crippen molar-refractivity contribution in [3.8, 4) is 16.9 Å². The number of H-pyrrole nitrogens is 1. The number of benzene rings is 4. The van der Waals surface area contributed by atoms with E-state index in [1.807, 2.05) is 48.5 Å². The second kappa shape index (κ2) is 10.8. The summed E-state index contributed by atoms with van der Waals surface area (Å²) in [6.45, 7) is 1.90. The highest BCUT2D eigenvalue weighted by Gasteiger charge is 2.26. The molecule has 4 aromatic carbocycles. The number of nitrogens with zero attached hydrogens (tertiary/aromatic N) is 3. The van der Waals surface area contributed by atoms with Gasteiger partial charge in [-0.05, 0) is 110 Å². The number of piperidine rings is 1. The molecule has 6 nitrogen and oxygen atoms in total. The molecule has 1 fully saturated rings. The van der Waals surface area contributed by atoms with Crippen LogP contribution in [-0.4, -0.2) is 44.7 Å². The van der Waals surface area contributed by atoms with Crippen molar-refractivity contribution in [2.75, 3.05) is 20.1 Å². The molecule has 1 unspecified atom stereocenters. The number of pyridine rings is 1. The monoisotopic (exact) mass is 576 g/mol. The van der Waals surface area contributed by atoms with Crippen LogP contribution in [0.5, 0.6) is 5.75 Å². The van der Waals surface area contributed by atoms with Gasteiger partial charge in [-0.1, -0.05) is 36.4 Å². The molecular formula is C35H30F2N4O2. The number of phenolic OH excluding ortho intramolecular Hbond substituents is 1. The molecule has 1 saturated heterocycles. The summed E-state index contributed by atoms with van der Waals surface area (Å²) in [4.78, 5) is 24.3. The molecule has 0 bridgehead atoms. The number of aromatic nitrogens is 3. The summed E-state index contributed by atoms with van der Waals surface area (Å²) < 4.78 is 31.3. The third kappa shape index (κ3) is 4.97. The number of rotatable bonds is 5. The molecule has 0 radical (unpaired) electrons. The van der Waals surface area contributed by atoms with E-state index in [0.29, 0.717) is 33.2 Å². The van der Waals surface area contributed by atoms with E-state index in [4.69, 9.17) is 4.98 Å². The number of halogens is 2. The Morgan fingerprint density at radius 1 is 0.930 bits per heavy atom. The molecule has 1 aliphatic rings. The van der Waals surface area contributed by atoms with E-state index in [0.717, 1.165) is 37.0 Å². The Bertz CT molecular complexity index is 2010. The number of imidazole rings is 1. The lowest BCUT2D eigenvalue weighted by Gasteiger charge is -2.29. The van der Waals surface area contributed by atoms with E-state index in [-0.39, 0.29) is 28.6 Å². The van der Waals surface area contributed by atoms with Crippen molar-refractivity contribution >= 4 is 21.8 Å². The Hall–Kier alpha value is -4.82. The van der Waals surface area contributed by atoms with Crippen molar-refractivity contribution in [2.45, 2.75) is 24.8 Å². The van der Waals surface area contributed by atoms with Crippen LogP contribution in [0.1, 0.15) is 41.8 Å². The number of phenols is 1. The minimum absolute atomic E-state index is 0.159. The van der Waals surface area contributed by atoms with Crippen LogP contribution in [0.2, 0.25) is 0 Å². The highest BCUT2D eigenvalue weighted by atomic mass is 19.1. The van der Waals surface area contributed by atoms with E-state index < -0.39 is 11.9 Å². The predicted molar refractivity (Wildman–Crippen MR) is 164 cm³/mol. The number of aromatic hydroxyl groups is 1. The van der Waals surface area contributed by atoms with Crippen LogP contribution < -0.4 is 5.56 Å². The summed E-state index contributed by atoms with van der Waals surface area (Å²) >= 11 is 0. The van der Waals surface area contributed by atoms with Crippen molar-refractivity contribution in [3.05, 3.63) is 130 Å². The van der Waals surface area contributed by atoms with Gasteiger partial charge in [-0.15, -0.1) is 0 Å². The van der Waals surface area contributed by atoms with Crippen LogP contribution in [0.4, 0.5) is 8.78 Å². The summed E-state index contributed by atoms with van der Waals surface area (Å²) in [6, 6.07) is 22.8. The quantitative estimate of drug-likeness (QED) is 0.232. The van der Waals surface area contributed by atoms with E-state index in [2.05, 4.69) is 16.9 Å². The lowest BCUT2D eigenvalue weighted by molar-refractivity contribution is 0.253. The van der Waals surface area contributed by atoms with Gasteiger partial charge in [-0.3, -0.25) is 4.79 Å². The molecule has 7 rings (SSSR count). The summed E-state index contributed by atoms with van der Waals surface area (Å²) in [6.07, 6.45) is 3.48. The first kappa shape index (κ1) is 27.0. The number of hydrogen-bond donors (Lipinski definition) is 2. The summed E-state index contributed by atoms with van der Waals surface area (Å²) in [5, 5.41) is 11.9. The van der Waals surface area contributed by atoms with Gasteiger partial charge >= 0.3 is 0 Å². The number of hydrogen-bond acceptors (Lipinski definition) is 4. The Morgan fingerprint density at radius 3 is 2.49 bits per heavy atom. The zero-order valence-electron chi connectivity index (χ0n) is 23.6. The summed E-state index contributed by atoms with van der Waals surface area (Å²) in [5.74, 6) is -0.359. The number of fused-ring (bicyclic) bond motifs is 2. The van der Waals surface area contributed by atoms with E-state index in [1.165, 1.54) is 22.8 Å². The molecule has 43 heavy (non-hydrogen) atoms. The minimum atomic E-state index is -0.935. The zero-order valence-corrected chi connectivity index (χ0v) is 23.6. The molecule has 0 aliphatic carbocycles. The number of likely N-dealkylation sites (tertiary alicyclic amines) is 1. The maximum Gasteiger partial charge on any atom is 0.259 e. The smallest absolute Gasteiger partial charge is 0.259 e. The van der Waals surface area contributed by atoms with Crippen molar-refractivity contribution < 1.29 is 13.9 Å². The van der Waals surface area contributed by atoms with Gasteiger partial charge in [0.2, 0.25) is 0 Å². The van der Waals surface area contributed by atoms with Crippen LogP contribution in [-0.2, 0) is 0 Å². The summed E-state index contributed by atoms with van der Waals surface area (Å²) in [7, 11) is 2.09. The fraction of sp³-hybridized carbons (Fsp3) is 0.200. The summed E-state index contributed by atoms with van der Waals surface area (Å²) in [5.41, 5.74) is 3.41. The fourth-order valence-corrected chi connectivity index (χ4v) is 6.27. The molecule has 1 aliphatic heterocycles. The van der Waals surface area contributed by atoms with E-state index in [1.54, 1.807) is 24.4 Å². The average molecular weight is 577 g/mol. The van der Waals surface area contributed by atoms with Gasteiger partial charge in [0.15, 0.2) is 0 Å². The van der Waals surface area contributed by atoms with Crippen molar-refractivity contribution in [1.82, 2.24) is 19.4 Å². The Morgan fingerprint density at radius 2 is 1.70 bits per heavy atom. The zero-order chi connectivity index (χ0) is 29.7. The maximum absolute atomic E-state index is 15.4. The molecule has 2 aromatic heterocycles. The normalized spacial score (nSPS) is 15.3. The molecule has 3 heterocycles. The number of para-hydroxylation sites is 2. The first-order valence-corrected chi connectivity index (χ1v) is 14.4. The van der Waals surface area contributed by atoms with Crippen LogP contribution in [0.3, 0.4) is 0 Å². The van der Waals surface area contributed by atoms with Gasteiger partial charge in [0.1, 0.15) is 29.3 Å². The third-order valence-corrected chi connectivity index (χ3v) is 8.65. The maximum atomic E-state index is 15.4. The molecular weight excluding hydrogens is 546 g/mol.